The second kappa shape index (κ2) is 9.19. The lowest BCUT2D eigenvalue weighted by atomic mass is 9.81. The average molecular weight is 600 g/mol. The van der Waals surface area contributed by atoms with Crippen LogP contribution in [0.5, 0.6) is 0 Å². The van der Waals surface area contributed by atoms with Crippen molar-refractivity contribution in [3.05, 3.63) is 156 Å². The first-order valence-electron chi connectivity index (χ1n) is 21.5. The van der Waals surface area contributed by atoms with Crippen LogP contribution in [0.15, 0.2) is 150 Å². The lowest BCUT2D eigenvalue weighted by Gasteiger charge is -2.22. The number of furan rings is 1. The van der Waals surface area contributed by atoms with Gasteiger partial charge in [0.15, 0.2) is 0 Å². The number of hydrogen-bond acceptors (Lipinski definition) is 1. The molecule has 1 aliphatic rings. The minimum Gasteiger partial charge on any atom is -0.456 e. The Labute approximate surface area is 285 Å². The first kappa shape index (κ1) is 16.1. The molecule has 1 nitrogen and oxygen atoms in total. The van der Waals surface area contributed by atoms with Crippen molar-refractivity contribution in [3.63, 3.8) is 0 Å². The van der Waals surface area contributed by atoms with E-state index in [0.717, 1.165) is 16.2 Å². The molecule has 9 aromatic rings. The van der Waals surface area contributed by atoms with Crippen molar-refractivity contribution in [1.82, 2.24) is 0 Å². The van der Waals surface area contributed by atoms with Gasteiger partial charge in [-0.1, -0.05) is 129 Å². The smallest absolute Gasteiger partial charge is 0.136 e. The molecular formula is C45H30O. The van der Waals surface area contributed by atoms with E-state index in [1.165, 1.54) is 0 Å². The van der Waals surface area contributed by atoms with Gasteiger partial charge in [0.05, 0.1) is 17.8 Å². The van der Waals surface area contributed by atoms with Crippen LogP contribution < -0.4 is 0 Å². The van der Waals surface area contributed by atoms with Gasteiger partial charge in [-0.25, -0.2) is 0 Å². The van der Waals surface area contributed by atoms with Gasteiger partial charge in [-0.05, 0) is 107 Å². The summed E-state index contributed by atoms with van der Waals surface area (Å²) in [5, 5.41) is 3.28. The van der Waals surface area contributed by atoms with Crippen LogP contribution in [0.2, 0.25) is 0 Å². The minimum atomic E-state index is -0.960. The zero-order valence-electron chi connectivity index (χ0n) is 37.8. The molecule has 8 aromatic carbocycles. The van der Waals surface area contributed by atoms with Gasteiger partial charge in [0.1, 0.15) is 11.2 Å². The van der Waals surface area contributed by atoms with Crippen LogP contribution in [-0.4, -0.2) is 0 Å². The number of hydrogen-bond donors (Lipinski definition) is 0. The molecule has 0 spiro atoms. The van der Waals surface area contributed by atoms with E-state index < -0.39 is 65.8 Å². The highest BCUT2D eigenvalue weighted by atomic mass is 16.3. The van der Waals surface area contributed by atoms with E-state index in [1.807, 2.05) is 56.3 Å². The standard InChI is InChI=1S/C45H30O/c1-45(2)39-18-10-9-13-31(39)36-24-29(19-21-40(36)45)43-32-14-5-7-16-34(32)44(35-17-8-6-15-33(35)43)30-20-22-41-37(25-30)38-23-27-11-3-4-12-28(27)26-42(38)46-41/h3-26H,1-2H3/i5D,6D,7D,8D,9D,10D,13D,14D,15D,16D,17D,18D,24D. The van der Waals surface area contributed by atoms with E-state index in [1.54, 1.807) is 24.3 Å². The van der Waals surface area contributed by atoms with Crippen LogP contribution >= 0.6 is 0 Å². The van der Waals surface area contributed by atoms with Crippen LogP contribution in [0.1, 0.15) is 42.8 Å². The van der Waals surface area contributed by atoms with Gasteiger partial charge in [0, 0.05) is 16.2 Å². The highest BCUT2D eigenvalue weighted by Crippen LogP contribution is 2.51. The Bertz CT molecular complexity index is 3380. The van der Waals surface area contributed by atoms with E-state index in [9.17, 15) is 6.85 Å². The summed E-state index contributed by atoms with van der Waals surface area (Å²) in [6.07, 6.45) is 0. The molecule has 0 fully saturated rings. The Morgan fingerprint density at radius 1 is 0.500 bits per heavy atom. The third-order valence-corrected chi connectivity index (χ3v) is 9.45. The fourth-order valence-corrected chi connectivity index (χ4v) is 7.26. The largest absolute Gasteiger partial charge is 0.456 e. The molecule has 1 heterocycles. The molecule has 0 saturated heterocycles. The number of benzene rings is 8. The summed E-state index contributed by atoms with van der Waals surface area (Å²) in [6, 6.07) is 14.6. The molecule has 0 radical (unpaired) electrons. The molecule has 0 atom stereocenters. The van der Waals surface area contributed by atoms with Crippen molar-refractivity contribution < 1.29 is 22.2 Å². The van der Waals surface area contributed by atoms with Gasteiger partial charge < -0.3 is 4.42 Å². The highest BCUT2D eigenvalue weighted by molar-refractivity contribution is 6.22. The maximum Gasteiger partial charge on any atom is 0.136 e. The summed E-state index contributed by atoms with van der Waals surface area (Å²) in [5.74, 6) is 0. The van der Waals surface area contributed by atoms with Crippen LogP contribution in [0, 0.1) is 0 Å². The quantitative estimate of drug-likeness (QED) is 0.180. The lowest BCUT2D eigenvalue weighted by molar-refractivity contribution is 0.660. The predicted octanol–water partition coefficient (Wildman–Crippen LogP) is 12.7. The maximum absolute atomic E-state index is 9.83. The molecule has 0 N–H and O–H groups in total. The Morgan fingerprint density at radius 3 is 1.80 bits per heavy atom. The third kappa shape index (κ3) is 3.46. The normalized spacial score (nSPS) is 17.6. The molecule has 0 unspecified atom stereocenters. The van der Waals surface area contributed by atoms with Gasteiger partial charge in [-0.3, -0.25) is 0 Å². The molecule has 46 heavy (non-hydrogen) atoms. The molecule has 0 saturated carbocycles. The number of fused-ring (bicyclic) bond motifs is 9. The second-order valence-electron chi connectivity index (χ2n) is 12.3. The van der Waals surface area contributed by atoms with Gasteiger partial charge >= 0.3 is 0 Å². The molecule has 0 amide bonds. The van der Waals surface area contributed by atoms with Crippen molar-refractivity contribution in [2.24, 2.45) is 0 Å². The summed E-state index contributed by atoms with van der Waals surface area (Å²) < 4.78 is 124. The summed E-state index contributed by atoms with van der Waals surface area (Å²) in [6.45, 7) is 3.62. The zero-order valence-corrected chi connectivity index (χ0v) is 24.8. The van der Waals surface area contributed by atoms with E-state index in [-0.39, 0.29) is 67.5 Å². The van der Waals surface area contributed by atoms with E-state index in [2.05, 4.69) is 0 Å². The molecule has 216 valence electrons. The summed E-state index contributed by atoms with van der Waals surface area (Å²) in [5.41, 5.74) is 2.06. The number of rotatable bonds is 2. The van der Waals surface area contributed by atoms with E-state index >= 15 is 0 Å². The minimum absolute atomic E-state index is 0.0105. The lowest BCUT2D eigenvalue weighted by Crippen LogP contribution is -2.14. The summed E-state index contributed by atoms with van der Waals surface area (Å²) in [7, 11) is 0. The Hall–Kier alpha value is -5.66. The van der Waals surface area contributed by atoms with E-state index in [4.69, 9.17) is 15.4 Å². The van der Waals surface area contributed by atoms with Crippen molar-refractivity contribution >= 4 is 54.3 Å². The molecular weight excluding hydrogens is 556 g/mol. The van der Waals surface area contributed by atoms with Crippen LogP contribution in [0.4, 0.5) is 0 Å². The SMILES string of the molecule is [2H]c1c([2H])c([2H])c2c(c1[2H])-c1c(ccc(-c3c4c([2H])c([2H])c([2H])c([2H])c4c(-c4ccc5oc6cc7ccccc7cc6c5c4)c4c([2H])c([2H])c([2H])c([2H])c34)c1[2H])C2(C)C. The molecule has 0 aliphatic heterocycles. The summed E-state index contributed by atoms with van der Waals surface area (Å²) >= 11 is 0. The summed E-state index contributed by atoms with van der Waals surface area (Å²) in [4.78, 5) is 0. The van der Waals surface area contributed by atoms with Crippen molar-refractivity contribution in [2.45, 2.75) is 19.3 Å². The zero-order chi connectivity index (χ0) is 41.9. The molecule has 0 bridgehead atoms. The maximum atomic E-state index is 9.83. The molecule has 1 heteroatoms. The van der Waals surface area contributed by atoms with Crippen LogP contribution in [0.25, 0.3) is 87.6 Å². The monoisotopic (exact) mass is 599 g/mol. The topological polar surface area (TPSA) is 13.1 Å². The first-order valence-corrected chi connectivity index (χ1v) is 15.0. The van der Waals surface area contributed by atoms with Crippen molar-refractivity contribution in [1.29, 1.82) is 0 Å². The Balaban J connectivity index is 1.41. The molecule has 1 aromatic heterocycles. The van der Waals surface area contributed by atoms with Gasteiger partial charge in [-0.15, -0.1) is 0 Å². The van der Waals surface area contributed by atoms with Gasteiger partial charge in [0.2, 0.25) is 0 Å². The fraction of sp³-hybridized carbons (Fsp3) is 0.0667. The van der Waals surface area contributed by atoms with Crippen LogP contribution in [0.3, 0.4) is 0 Å². The first-order chi connectivity index (χ1) is 28.0. The van der Waals surface area contributed by atoms with Crippen molar-refractivity contribution in [2.75, 3.05) is 0 Å². The van der Waals surface area contributed by atoms with Crippen LogP contribution in [-0.2, 0) is 5.41 Å². The molecule has 1 aliphatic carbocycles. The second-order valence-corrected chi connectivity index (χ2v) is 12.3. The third-order valence-electron chi connectivity index (χ3n) is 9.45. The van der Waals surface area contributed by atoms with E-state index in [0.29, 0.717) is 33.2 Å². The van der Waals surface area contributed by atoms with Gasteiger partial charge in [0.25, 0.3) is 0 Å². The predicted molar refractivity (Wildman–Crippen MR) is 195 cm³/mol. The Morgan fingerprint density at radius 2 is 1.09 bits per heavy atom. The van der Waals surface area contributed by atoms with Crippen molar-refractivity contribution in [3.8, 4) is 33.4 Å². The highest BCUT2D eigenvalue weighted by Gasteiger charge is 2.35. The Kier molecular flexibility index (Phi) is 3.21. The average Bonchev–Trinajstić information content (AvgIpc) is 3.70. The van der Waals surface area contributed by atoms with Gasteiger partial charge in [-0.2, -0.15) is 0 Å². The molecule has 10 rings (SSSR count). The fourth-order valence-electron chi connectivity index (χ4n) is 7.26.